The van der Waals surface area contributed by atoms with Gasteiger partial charge in [-0.05, 0) is 58.0 Å². The van der Waals surface area contributed by atoms with Crippen LogP contribution in [0.25, 0.3) is 0 Å². The molecule has 1 amide bonds. The molecule has 158 valence electrons. The van der Waals surface area contributed by atoms with E-state index in [9.17, 15) is 4.79 Å². The number of unbranched alkanes of at least 4 members (excludes halogenated alkanes) is 1. The molecule has 0 radical (unpaired) electrons. The summed E-state index contributed by atoms with van der Waals surface area (Å²) in [7, 11) is 0. The van der Waals surface area contributed by atoms with Crippen molar-refractivity contribution in [3.05, 3.63) is 0 Å². The average Bonchev–Trinajstić information content (AvgIpc) is 2.68. The van der Waals surface area contributed by atoms with Crippen LogP contribution in [0.2, 0.25) is 0 Å². The maximum atomic E-state index is 12.7. The molecule has 0 aromatic rings. The van der Waals surface area contributed by atoms with Gasteiger partial charge in [0.2, 0.25) is 5.91 Å². The highest BCUT2D eigenvalue weighted by molar-refractivity contribution is 5.76. The number of nitrogens with zero attached hydrogens (tertiary/aromatic N) is 2. The van der Waals surface area contributed by atoms with Crippen molar-refractivity contribution in [3.63, 3.8) is 0 Å². The molecule has 0 aliphatic carbocycles. The maximum absolute atomic E-state index is 12.7. The number of amides is 1. The van der Waals surface area contributed by atoms with E-state index in [1.807, 2.05) is 0 Å². The molecule has 2 saturated heterocycles. The van der Waals surface area contributed by atoms with Gasteiger partial charge in [-0.1, -0.05) is 51.4 Å². The van der Waals surface area contributed by atoms with E-state index in [-0.39, 0.29) is 0 Å². The molecule has 0 bridgehead atoms. The number of rotatable bonds is 4. The summed E-state index contributed by atoms with van der Waals surface area (Å²) in [5.74, 6) is 0.381. The van der Waals surface area contributed by atoms with Gasteiger partial charge in [0.25, 0.3) is 0 Å². The molecule has 2 N–H and O–H groups in total. The summed E-state index contributed by atoms with van der Waals surface area (Å²) in [6.07, 6.45) is 20.0. The summed E-state index contributed by atoms with van der Waals surface area (Å²) in [6, 6.07) is 0.802. The van der Waals surface area contributed by atoms with Crippen molar-refractivity contribution in [2.45, 2.75) is 109 Å². The fourth-order valence-corrected chi connectivity index (χ4v) is 4.83. The molecule has 2 rings (SSSR count). The summed E-state index contributed by atoms with van der Waals surface area (Å²) >= 11 is 0. The molecule has 1 atom stereocenters. The molecule has 2 heterocycles. The first-order valence-electron chi connectivity index (χ1n) is 12.0. The predicted octanol–water partition coefficient (Wildman–Crippen LogP) is 4.71. The van der Waals surface area contributed by atoms with Gasteiger partial charge in [0.05, 0.1) is 0 Å². The zero-order valence-electron chi connectivity index (χ0n) is 17.8. The minimum Gasteiger partial charge on any atom is -0.343 e. The second-order valence-corrected chi connectivity index (χ2v) is 8.78. The van der Waals surface area contributed by atoms with Crippen LogP contribution in [0.5, 0.6) is 0 Å². The van der Waals surface area contributed by atoms with Crippen LogP contribution in [-0.2, 0) is 4.79 Å². The Labute approximate surface area is 168 Å². The first kappa shape index (κ1) is 22.7. The number of nitrogens with two attached hydrogens (primary N) is 1. The Kier molecular flexibility index (Phi) is 12.1. The Morgan fingerprint density at radius 3 is 2.11 bits per heavy atom. The zero-order valence-corrected chi connectivity index (χ0v) is 17.8. The van der Waals surface area contributed by atoms with E-state index in [2.05, 4.69) is 9.80 Å². The number of hydrogen-bond acceptors (Lipinski definition) is 3. The molecule has 0 aromatic heterocycles. The van der Waals surface area contributed by atoms with Crippen molar-refractivity contribution in [2.24, 2.45) is 5.73 Å². The van der Waals surface area contributed by atoms with E-state index >= 15 is 0 Å². The van der Waals surface area contributed by atoms with E-state index in [0.717, 1.165) is 57.8 Å². The largest absolute Gasteiger partial charge is 0.343 e. The van der Waals surface area contributed by atoms with Crippen molar-refractivity contribution in [1.82, 2.24) is 9.80 Å². The molecule has 4 heteroatoms. The maximum Gasteiger partial charge on any atom is 0.222 e. The molecular weight excluding hydrogens is 334 g/mol. The smallest absolute Gasteiger partial charge is 0.222 e. The van der Waals surface area contributed by atoms with Gasteiger partial charge in [-0.25, -0.2) is 0 Å². The van der Waals surface area contributed by atoms with Crippen molar-refractivity contribution < 1.29 is 4.79 Å². The third kappa shape index (κ3) is 9.43. The van der Waals surface area contributed by atoms with Crippen molar-refractivity contribution in [1.29, 1.82) is 0 Å². The highest BCUT2D eigenvalue weighted by Crippen LogP contribution is 2.23. The minimum atomic E-state index is 0.381. The van der Waals surface area contributed by atoms with Gasteiger partial charge in [0, 0.05) is 32.1 Å². The highest BCUT2D eigenvalue weighted by Gasteiger charge is 2.22. The molecule has 27 heavy (non-hydrogen) atoms. The fourth-order valence-electron chi connectivity index (χ4n) is 4.83. The third-order valence-corrected chi connectivity index (χ3v) is 6.54. The van der Waals surface area contributed by atoms with Crippen LogP contribution >= 0.6 is 0 Å². The van der Waals surface area contributed by atoms with Gasteiger partial charge in [0.15, 0.2) is 0 Å². The summed E-state index contributed by atoms with van der Waals surface area (Å²) < 4.78 is 0. The first-order chi connectivity index (χ1) is 13.3. The Balaban J connectivity index is 1.88. The van der Waals surface area contributed by atoms with Crippen LogP contribution in [0.3, 0.4) is 0 Å². The monoisotopic (exact) mass is 379 g/mol. The van der Waals surface area contributed by atoms with Crippen LogP contribution in [0, 0.1) is 0 Å². The molecule has 0 spiro atoms. The molecular formula is C23H45N3O. The van der Waals surface area contributed by atoms with Crippen molar-refractivity contribution in [3.8, 4) is 0 Å². The lowest BCUT2D eigenvalue weighted by Gasteiger charge is -2.36. The standard InChI is InChI=1S/C23H45N3O/c24-17-10-12-19-26-21-13-20-25-18-11-9-15-22(25)14-7-5-3-1-2-4-6-8-16-23(26)27/h22H,1-21,24H2. The van der Waals surface area contributed by atoms with Crippen LogP contribution in [0.15, 0.2) is 0 Å². The number of carbonyl (C=O) groups is 1. The second-order valence-electron chi connectivity index (χ2n) is 8.78. The number of piperidine rings is 1. The number of fused-ring (bicyclic) bond motifs is 1. The number of hydrogen-bond donors (Lipinski definition) is 1. The van der Waals surface area contributed by atoms with Crippen molar-refractivity contribution in [2.75, 3.05) is 32.7 Å². The SMILES string of the molecule is NCCCCN1CCCN2CCCCC2CCCCCCCCCCC1=O. The minimum absolute atomic E-state index is 0.381. The van der Waals surface area contributed by atoms with Crippen LogP contribution in [-0.4, -0.2) is 54.5 Å². The van der Waals surface area contributed by atoms with Gasteiger partial charge >= 0.3 is 0 Å². The molecule has 4 nitrogen and oxygen atoms in total. The van der Waals surface area contributed by atoms with Crippen LogP contribution < -0.4 is 5.73 Å². The van der Waals surface area contributed by atoms with Gasteiger partial charge in [-0.2, -0.15) is 0 Å². The Morgan fingerprint density at radius 2 is 1.37 bits per heavy atom. The van der Waals surface area contributed by atoms with Gasteiger partial charge in [-0.3, -0.25) is 4.79 Å². The van der Waals surface area contributed by atoms with Gasteiger partial charge in [-0.15, -0.1) is 0 Å². The van der Waals surface area contributed by atoms with Gasteiger partial charge in [0.1, 0.15) is 0 Å². The molecule has 0 aromatic carbocycles. The van der Waals surface area contributed by atoms with Gasteiger partial charge < -0.3 is 15.5 Å². The van der Waals surface area contributed by atoms with E-state index in [4.69, 9.17) is 5.73 Å². The Bertz CT molecular complexity index is 388. The topological polar surface area (TPSA) is 49.6 Å². The summed E-state index contributed by atoms with van der Waals surface area (Å²) in [4.78, 5) is 17.6. The van der Waals surface area contributed by atoms with Crippen LogP contribution in [0.1, 0.15) is 103 Å². The lowest BCUT2D eigenvalue weighted by molar-refractivity contribution is -0.131. The fraction of sp³-hybridized carbons (Fsp3) is 0.957. The second kappa shape index (κ2) is 14.4. The lowest BCUT2D eigenvalue weighted by atomic mass is 9.96. The first-order valence-corrected chi connectivity index (χ1v) is 12.0. The normalized spacial score (nSPS) is 25.7. The zero-order chi connectivity index (χ0) is 19.2. The predicted molar refractivity (Wildman–Crippen MR) is 115 cm³/mol. The number of carbonyl (C=O) groups excluding carboxylic acids is 1. The molecule has 2 aliphatic rings. The van der Waals surface area contributed by atoms with E-state index in [1.165, 1.54) is 83.7 Å². The summed E-state index contributed by atoms with van der Waals surface area (Å²) in [5.41, 5.74) is 5.65. The quantitative estimate of drug-likeness (QED) is 0.720. The van der Waals surface area contributed by atoms with E-state index in [1.54, 1.807) is 0 Å². The molecule has 2 aliphatic heterocycles. The third-order valence-electron chi connectivity index (χ3n) is 6.54. The lowest BCUT2D eigenvalue weighted by Crippen LogP contribution is -2.41. The average molecular weight is 380 g/mol. The molecule has 1 unspecified atom stereocenters. The Hall–Kier alpha value is -0.610. The highest BCUT2D eigenvalue weighted by atomic mass is 16.2. The summed E-state index contributed by atoms with van der Waals surface area (Å²) in [6.45, 7) is 5.01. The van der Waals surface area contributed by atoms with E-state index in [0.29, 0.717) is 5.91 Å². The molecule has 0 saturated carbocycles. The van der Waals surface area contributed by atoms with Crippen molar-refractivity contribution >= 4 is 5.91 Å². The van der Waals surface area contributed by atoms with Crippen LogP contribution in [0.4, 0.5) is 0 Å². The Morgan fingerprint density at radius 1 is 0.741 bits per heavy atom. The molecule has 2 fully saturated rings. The van der Waals surface area contributed by atoms with E-state index < -0.39 is 0 Å². The summed E-state index contributed by atoms with van der Waals surface area (Å²) in [5, 5.41) is 0.